The van der Waals surface area contributed by atoms with Gasteiger partial charge in [0.25, 0.3) is 0 Å². The van der Waals surface area contributed by atoms with Gasteiger partial charge in [-0.05, 0) is 37.8 Å². The highest BCUT2D eigenvalue weighted by Gasteiger charge is 2.47. The number of aromatic carboxylic acids is 1. The third-order valence-electron chi connectivity index (χ3n) is 4.48. The van der Waals surface area contributed by atoms with Crippen LogP contribution in [0.3, 0.4) is 0 Å². The van der Waals surface area contributed by atoms with E-state index in [1.807, 2.05) is 20.8 Å². The molecule has 0 bridgehead atoms. The number of carboxylic acid groups (broad SMARTS) is 1. The highest BCUT2D eigenvalue weighted by atomic mass is 16.6. The summed E-state index contributed by atoms with van der Waals surface area (Å²) in [6.45, 7) is 6.10. The van der Waals surface area contributed by atoms with E-state index in [1.165, 1.54) is 12.1 Å². The lowest BCUT2D eigenvalue weighted by Crippen LogP contribution is -2.45. The quantitative estimate of drug-likeness (QED) is 0.630. The molecule has 1 aliphatic carbocycles. The van der Waals surface area contributed by atoms with Crippen molar-refractivity contribution in [3.8, 4) is 5.75 Å². The first-order valence-corrected chi connectivity index (χ1v) is 7.35. The summed E-state index contributed by atoms with van der Waals surface area (Å²) in [5.41, 5.74) is -1.08. The molecular formula is C16H20NO5-. The number of nitro groups is 1. The van der Waals surface area contributed by atoms with Gasteiger partial charge in [-0.2, -0.15) is 0 Å². The first kappa shape index (κ1) is 16.3. The van der Waals surface area contributed by atoms with Crippen LogP contribution >= 0.6 is 0 Å². The zero-order valence-electron chi connectivity index (χ0n) is 13.0. The molecule has 22 heavy (non-hydrogen) atoms. The number of nitro benzene ring substituents is 1. The maximum Gasteiger partial charge on any atom is 0.310 e. The Labute approximate surface area is 129 Å². The molecule has 0 atom stereocenters. The number of hydrogen-bond acceptors (Lipinski definition) is 5. The molecule has 1 saturated carbocycles. The fourth-order valence-electron chi connectivity index (χ4n) is 3.04. The van der Waals surface area contributed by atoms with Crippen molar-refractivity contribution in [1.82, 2.24) is 0 Å². The van der Waals surface area contributed by atoms with Gasteiger partial charge in [0.15, 0.2) is 5.75 Å². The molecule has 1 aromatic carbocycles. The monoisotopic (exact) mass is 306 g/mol. The van der Waals surface area contributed by atoms with Crippen molar-refractivity contribution in [3.05, 3.63) is 33.9 Å². The standard InChI is InChI=1S/C16H21NO5/c1-15(2,3)16(8-4-5-9-16)22-13-10-11(14(18)19)6-7-12(13)17(20)21/h6-7,10H,4-5,8-9H2,1-3H3,(H,18,19)/p-1. The van der Waals surface area contributed by atoms with Gasteiger partial charge in [0.05, 0.1) is 10.9 Å². The predicted octanol–water partition coefficient (Wildman–Crippen LogP) is 2.70. The number of carbonyl (C=O) groups is 1. The number of carboxylic acids is 1. The fourth-order valence-corrected chi connectivity index (χ4v) is 3.04. The summed E-state index contributed by atoms with van der Waals surface area (Å²) in [7, 11) is 0. The van der Waals surface area contributed by atoms with E-state index in [0.717, 1.165) is 31.7 Å². The van der Waals surface area contributed by atoms with Crippen LogP contribution in [0.4, 0.5) is 5.69 Å². The van der Waals surface area contributed by atoms with Crippen molar-refractivity contribution in [2.45, 2.75) is 52.1 Å². The van der Waals surface area contributed by atoms with Crippen LogP contribution in [0.15, 0.2) is 18.2 Å². The number of nitrogens with zero attached hydrogens (tertiary/aromatic N) is 1. The summed E-state index contributed by atoms with van der Waals surface area (Å²) in [5.74, 6) is -1.38. The molecule has 6 heteroatoms. The van der Waals surface area contributed by atoms with Crippen LogP contribution in [0.25, 0.3) is 0 Å². The Morgan fingerprint density at radius 1 is 1.27 bits per heavy atom. The molecule has 1 aromatic rings. The Morgan fingerprint density at radius 2 is 1.86 bits per heavy atom. The van der Waals surface area contributed by atoms with Gasteiger partial charge in [-0.1, -0.05) is 20.8 Å². The molecule has 0 N–H and O–H groups in total. The zero-order chi connectivity index (χ0) is 16.5. The second kappa shape index (κ2) is 5.59. The van der Waals surface area contributed by atoms with Gasteiger partial charge in [-0.25, -0.2) is 0 Å². The summed E-state index contributed by atoms with van der Waals surface area (Å²) in [6.07, 6.45) is 3.57. The largest absolute Gasteiger partial charge is 0.545 e. The van der Waals surface area contributed by atoms with Crippen LogP contribution in [0.2, 0.25) is 0 Å². The Bertz CT molecular complexity index is 597. The number of rotatable bonds is 4. The van der Waals surface area contributed by atoms with Gasteiger partial charge in [0.1, 0.15) is 5.60 Å². The maximum atomic E-state index is 11.2. The smallest absolute Gasteiger partial charge is 0.310 e. The molecule has 0 aliphatic heterocycles. The van der Waals surface area contributed by atoms with Crippen molar-refractivity contribution in [2.24, 2.45) is 5.41 Å². The lowest BCUT2D eigenvalue weighted by Gasteiger charge is -2.42. The zero-order valence-corrected chi connectivity index (χ0v) is 13.0. The summed E-state index contributed by atoms with van der Waals surface area (Å²) >= 11 is 0. The second-order valence-corrected chi connectivity index (χ2v) is 6.78. The van der Waals surface area contributed by atoms with Crippen LogP contribution in [0.5, 0.6) is 5.75 Å². The summed E-state index contributed by atoms with van der Waals surface area (Å²) in [6, 6.07) is 3.52. The van der Waals surface area contributed by atoms with Crippen LogP contribution in [0, 0.1) is 15.5 Å². The Hall–Kier alpha value is -2.11. The fraction of sp³-hybridized carbons (Fsp3) is 0.562. The third kappa shape index (κ3) is 2.91. The molecular weight excluding hydrogens is 286 g/mol. The molecule has 0 spiro atoms. The lowest BCUT2D eigenvalue weighted by atomic mass is 9.75. The van der Waals surface area contributed by atoms with Crippen molar-refractivity contribution in [3.63, 3.8) is 0 Å². The summed E-state index contributed by atoms with van der Waals surface area (Å²) in [4.78, 5) is 21.6. The number of benzene rings is 1. The number of hydrogen-bond donors (Lipinski definition) is 0. The highest BCUT2D eigenvalue weighted by Crippen LogP contribution is 2.48. The predicted molar refractivity (Wildman–Crippen MR) is 78.7 cm³/mol. The molecule has 0 amide bonds. The molecule has 0 heterocycles. The van der Waals surface area contributed by atoms with Gasteiger partial charge in [0, 0.05) is 17.0 Å². The first-order valence-electron chi connectivity index (χ1n) is 7.35. The van der Waals surface area contributed by atoms with E-state index in [2.05, 4.69) is 0 Å². The normalized spacial score (nSPS) is 17.2. The van der Waals surface area contributed by atoms with Gasteiger partial charge >= 0.3 is 5.69 Å². The highest BCUT2D eigenvalue weighted by molar-refractivity contribution is 5.87. The van der Waals surface area contributed by atoms with E-state index in [4.69, 9.17) is 4.74 Å². The van der Waals surface area contributed by atoms with Gasteiger partial charge < -0.3 is 14.6 Å². The Balaban J connectivity index is 2.48. The van der Waals surface area contributed by atoms with Gasteiger partial charge in [-0.3, -0.25) is 10.1 Å². The van der Waals surface area contributed by atoms with Crippen LogP contribution in [0.1, 0.15) is 56.8 Å². The van der Waals surface area contributed by atoms with E-state index in [1.54, 1.807) is 0 Å². The molecule has 120 valence electrons. The van der Waals surface area contributed by atoms with Crippen LogP contribution in [-0.2, 0) is 0 Å². The minimum atomic E-state index is -1.38. The molecule has 1 aliphatic rings. The Morgan fingerprint density at radius 3 is 2.32 bits per heavy atom. The van der Waals surface area contributed by atoms with E-state index < -0.39 is 16.5 Å². The Kier molecular flexibility index (Phi) is 4.13. The average Bonchev–Trinajstić information content (AvgIpc) is 2.87. The molecule has 2 rings (SSSR count). The number of carbonyl (C=O) groups excluding carboxylic acids is 1. The van der Waals surface area contributed by atoms with Crippen molar-refractivity contribution in [1.29, 1.82) is 0 Å². The first-order chi connectivity index (χ1) is 10.2. The van der Waals surface area contributed by atoms with Crippen LogP contribution in [-0.4, -0.2) is 16.5 Å². The molecule has 0 unspecified atom stereocenters. The second-order valence-electron chi connectivity index (χ2n) is 6.78. The van der Waals surface area contributed by atoms with E-state index >= 15 is 0 Å². The summed E-state index contributed by atoms with van der Waals surface area (Å²) < 4.78 is 6.08. The molecule has 6 nitrogen and oxygen atoms in total. The van der Waals surface area contributed by atoms with Gasteiger partial charge in [0.2, 0.25) is 0 Å². The number of ether oxygens (including phenoxy) is 1. The average molecular weight is 306 g/mol. The van der Waals surface area contributed by atoms with Crippen LogP contribution < -0.4 is 9.84 Å². The molecule has 0 radical (unpaired) electrons. The topological polar surface area (TPSA) is 92.5 Å². The molecule has 0 aromatic heterocycles. The lowest BCUT2D eigenvalue weighted by molar-refractivity contribution is -0.386. The van der Waals surface area contributed by atoms with Crippen molar-refractivity contribution in [2.75, 3.05) is 0 Å². The van der Waals surface area contributed by atoms with E-state index in [0.29, 0.717) is 0 Å². The van der Waals surface area contributed by atoms with Crippen molar-refractivity contribution >= 4 is 11.7 Å². The minimum absolute atomic E-state index is 0.00326. The SMILES string of the molecule is CC(C)(C)C1(Oc2cc(C(=O)[O-])ccc2[N+](=O)[O-])CCCC1. The van der Waals surface area contributed by atoms with Gasteiger partial charge in [-0.15, -0.1) is 0 Å². The third-order valence-corrected chi connectivity index (χ3v) is 4.48. The van der Waals surface area contributed by atoms with E-state index in [9.17, 15) is 20.0 Å². The molecule has 0 saturated heterocycles. The minimum Gasteiger partial charge on any atom is -0.545 e. The molecule has 1 fully saturated rings. The van der Waals surface area contributed by atoms with Crippen molar-refractivity contribution < 1.29 is 19.6 Å². The summed E-state index contributed by atoms with van der Waals surface area (Å²) in [5, 5.41) is 22.2. The maximum absolute atomic E-state index is 11.2. The van der Waals surface area contributed by atoms with E-state index in [-0.39, 0.29) is 22.4 Å².